The monoisotopic (exact) mass is 472 g/mol. The molecule has 7 nitrogen and oxygen atoms in total. The van der Waals surface area contributed by atoms with Gasteiger partial charge in [-0.2, -0.15) is 0 Å². The zero-order chi connectivity index (χ0) is 23.1. The van der Waals surface area contributed by atoms with Gasteiger partial charge in [0.05, 0.1) is 5.02 Å². The van der Waals surface area contributed by atoms with Gasteiger partial charge in [0.1, 0.15) is 11.5 Å². The van der Waals surface area contributed by atoms with Crippen LogP contribution in [0.4, 0.5) is 11.4 Å². The second-order valence-corrected chi connectivity index (χ2v) is 7.41. The van der Waals surface area contributed by atoms with Gasteiger partial charge in [-0.1, -0.05) is 29.3 Å². The molecule has 0 aliphatic carbocycles. The van der Waals surface area contributed by atoms with Crippen LogP contribution in [0.25, 0.3) is 0 Å². The number of hydrogen-bond donors (Lipinski definition) is 2. The van der Waals surface area contributed by atoms with E-state index < -0.39 is 5.97 Å². The maximum Gasteiger partial charge on any atom is 0.308 e. The molecule has 0 heterocycles. The number of amides is 2. The first kappa shape index (κ1) is 23.1. The normalized spacial score (nSPS) is 10.2. The third-order valence-electron chi connectivity index (χ3n) is 4.04. The van der Waals surface area contributed by atoms with Crippen molar-refractivity contribution in [2.45, 2.75) is 6.92 Å². The Morgan fingerprint density at radius 3 is 2.22 bits per heavy atom. The Morgan fingerprint density at radius 1 is 0.875 bits per heavy atom. The van der Waals surface area contributed by atoms with E-state index in [2.05, 4.69) is 10.6 Å². The van der Waals surface area contributed by atoms with E-state index in [0.717, 1.165) is 0 Å². The van der Waals surface area contributed by atoms with Crippen molar-refractivity contribution >= 4 is 52.4 Å². The average molecular weight is 473 g/mol. The van der Waals surface area contributed by atoms with E-state index in [9.17, 15) is 14.4 Å². The molecule has 0 spiro atoms. The largest absolute Gasteiger partial charge is 0.482 e. The highest BCUT2D eigenvalue weighted by atomic mass is 35.5. The molecule has 0 bridgehead atoms. The fourth-order valence-electron chi connectivity index (χ4n) is 2.64. The van der Waals surface area contributed by atoms with Crippen molar-refractivity contribution in [2.75, 3.05) is 17.2 Å². The maximum atomic E-state index is 12.4. The molecule has 3 aromatic rings. The van der Waals surface area contributed by atoms with Crippen molar-refractivity contribution < 1.29 is 23.9 Å². The van der Waals surface area contributed by atoms with Gasteiger partial charge in [0.2, 0.25) is 0 Å². The number of benzene rings is 3. The Labute approximate surface area is 194 Å². The van der Waals surface area contributed by atoms with Crippen LogP contribution in [0.15, 0.2) is 66.7 Å². The molecular weight excluding hydrogens is 455 g/mol. The summed E-state index contributed by atoms with van der Waals surface area (Å²) in [5, 5.41) is 6.20. The first-order valence-electron chi connectivity index (χ1n) is 9.38. The lowest BCUT2D eigenvalue weighted by molar-refractivity contribution is -0.131. The molecule has 3 rings (SSSR count). The number of carbonyl (C=O) groups is 3. The standard InChI is InChI=1S/C23H18Cl2N2O5/c1-14(28)32-19-4-2-3-15(11-19)23(30)27-18-8-6-17(7-9-18)26-22(29)13-31-21-10-5-16(24)12-20(21)25/h2-12H,13H2,1H3,(H,26,29)(H,27,30). The predicted octanol–water partition coefficient (Wildman–Crippen LogP) is 5.19. The van der Waals surface area contributed by atoms with Crippen molar-refractivity contribution in [3.8, 4) is 11.5 Å². The molecule has 0 radical (unpaired) electrons. The van der Waals surface area contributed by atoms with E-state index in [4.69, 9.17) is 32.7 Å². The van der Waals surface area contributed by atoms with Crippen molar-refractivity contribution in [3.63, 3.8) is 0 Å². The SMILES string of the molecule is CC(=O)Oc1cccc(C(=O)Nc2ccc(NC(=O)COc3ccc(Cl)cc3Cl)cc2)c1. The van der Waals surface area contributed by atoms with Crippen molar-refractivity contribution in [2.24, 2.45) is 0 Å². The van der Waals surface area contributed by atoms with Crippen LogP contribution in [0.3, 0.4) is 0 Å². The molecule has 0 unspecified atom stereocenters. The zero-order valence-corrected chi connectivity index (χ0v) is 18.4. The van der Waals surface area contributed by atoms with Gasteiger partial charge < -0.3 is 20.1 Å². The number of hydrogen-bond acceptors (Lipinski definition) is 5. The predicted molar refractivity (Wildman–Crippen MR) is 123 cm³/mol. The highest BCUT2D eigenvalue weighted by molar-refractivity contribution is 6.35. The van der Waals surface area contributed by atoms with Crippen LogP contribution in [0, 0.1) is 0 Å². The maximum absolute atomic E-state index is 12.4. The Hall–Kier alpha value is -3.55. The van der Waals surface area contributed by atoms with Crippen LogP contribution in [0.2, 0.25) is 10.0 Å². The van der Waals surface area contributed by atoms with Gasteiger partial charge in [0.15, 0.2) is 6.61 Å². The third-order valence-corrected chi connectivity index (χ3v) is 4.57. The molecule has 0 aliphatic rings. The Kier molecular flexibility index (Phi) is 7.70. The summed E-state index contributed by atoms with van der Waals surface area (Å²) in [7, 11) is 0. The van der Waals surface area contributed by atoms with Gasteiger partial charge in [-0.25, -0.2) is 0 Å². The minimum Gasteiger partial charge on any atom is -0.482 e. The Morgan fingerprint density at radius 2 is 1.56 bits per heavy atom. The Bertz CT molecular complexity index is 1150. The fourth-order valence-corrected chi connectivity index (χ4v) is 3.10. The van der Waals surface area contributed by atoms with Crippen LogP contribution in [-0.4, -0.2) is 24.4 Å². The van der Waals surface area contributed by atoms with Crippen LogP contribution in [-0.2, 0) is 9.59 Å². The zero-order valence-electron chi connectivity index (χ0n) is 16.9. The van der Waals surface area contributed by atoms with Crippen molar-refractivity contribution in [3.05, 3.63) is 82.3 Å². The molecule has 0 aromatic heterocycles. The molecule has 0 fully saturated rings. The summed E-state index contributed by atoms with van der Waals surface area (Å²) in [4.78, 5) is 35.6. The lowest BCUT2D eigenvalue weighted by atomic mass is 10.2. The third kappa shape index (κ3) is 6.73. The van der Waals surface area contributed by atoms with E-state index in [0.29, 0.717) is 32.7 Å². The number of ether oxygens (including phenoxy) is 2. The second-order valence-electron chi connectivity index (χ2n) is 6.56. The van der Waals surface area contributed by atoms with Gasteiger partial charge in [0.25, 0.3) is 11.8 Å². The molecule has 3 aromatic carbocycles. The highest BCUT2D eigenvalue weighted by Crippen LogP contribution is 2.27. The molecule has 0 saturated heterocycles. The molecule has 2 amide bonds. The fraction of sp³-hybridized carbons (Fsp3) is 0.0870. The van der Waals surface area contributed by atoms with E-state index in [1.54, 1.807) is 54.6 Å². The highest BCUT2D eigenvalue weighted by Gasteiger charge is 2.10. The Balaban J connectivity index is 1.53. The summed E-state index contributed by atoms with van der Waals surface area (Å²) in [5.41, 5.74) is 1.38. The molecule has 32 heavy (non-hydrogen) atoms. The summed E-state index contributed by atoms with van der Waals surface area (Å²) < 4.78 is 10.4. The van der Waals surface area contributed by atoms with Crippen molar-refractivity contribution in [1.82, 2.24) is 0 Å². The number of nitrogens with one attached hydrogen (secondary N) is 2. The summed E-state index contributed by atoms with van der Waals surface area (Å²) in [6.07, 6.45) is 0. The topological polar surface area (TPSA) is 93.7 Å². The number of esters is 1. The molecule has 9 heteroatoms. The van der Waals surface area contributed by atoms with Crippen LogP contribution < -0.4 is 20.1 Å². The molecule has 2 N–H and O–H groups in total. The molecular formula is C23H18Cl2N2O5. The minimum atomic E-state index is -0.471. The quantitative estimate of drug-likeness (QED) is 0.364. The number of halogens is 2. The van der Waals surface area contributed by atoms with Gasteiger partial charge in [-0.15, -0.1) is 0 Å². The van der Waals surface area contributed by atoms with Gasteiger partial charge in [0, 0.05) is 28.9 Å². The second kappa shape index (κ2) is 10.7. The molecule has 0 saturated carbocycles. The summed E-state index contributed by atoms with van der Waals surface area (Å²) in [6, 6.07) is 17.5. The first-order chi connectivity index (χ1) is 15.3. The van der Waals surface area contributed by atoms with E-state index in [1.807, 2.05) is 0 Å². The average Bonchev–Trinajstić information content (AvgIpc) is 2.74. The van der Waals surface area contributed by atoms with Crippen LogP contribution in [0.1, 0.15) is 17.3 Å². The first-order valence-corrected chi connectivity index (χ1v) is 10.1. The van der Waals surface area contributed by atoms with E-state index in [1.165, 1.54) is 19.1 Å². The van der Waals surface area contributed by atoms with Gasteiger partial charge >= 0.3 is 5.97 Å². The lowest BCUT2D eigenvalue weighted by Crippen LogP contribution is -2.20. The molecule has 0 atom stereocenters. The van der Waals surface area contributed by atoms with Crippen LogP contribution >= 0.6 is 23.2 Å². The van der Waals surface area contributed by atoms with E-state index >= 15 is 0 Å². The molecule has 0 aliphatic heterocycles. The van der Waals surface area contributed by atoms with E-state index in [-0.39, 0.29) is 24.2 Å². The van der Waals surface area contributed by atoms with Crippen molar-refractivity contribution in [1.29, 1.82) is 0 Å². The number of anilines is 2. The smallest absolute Gasteiger partial charge is 0.308 e. The minimum absolute atomic E-state index is 0.238. The van der Waals surface area contributed by atoms with Crippen LogP contribution in [0.5, 0.6) is 11.5 Å². The van der Waals surface area contributed by atoms with Gasteiger partial charge in [-0.05, 0) is 60.7 Å². The molecule has 164 valence electrons. The summed E-state index contributed by atoms with van der Waals surface area (Å²) in [6.45, 7) is 1.05. The number of rotatable bonds is 7. The van der Waals surface area contributed by atoms with Gasteiger partial charge in [-0.3, -0.25) is 14.4 Å². The lowest BCUT2D eigenvalue weighted by Gasteiger charge is -2.10. The summed E-state index contributed by atoms with van der Waals surface area (Å²) >= 11 is 11.8. The summed E-state index contributed by atoms with van der Waals surface area (Å²) in [5.74, 6) is -0.589. The number of carbonyl (C=O) groups excluding carboxylic acids is 3.